The molecule has 0 aliphatic carbocycles. The standard InChI is InChI=1S/C13H16IN5/c1-2-7-16-12-11(15)13(18-8-17-12)19-10-5-3-9(14)4-6-10/h3-6,8H,2,7,15H2,1H3,(H2,16,17,18,19). The third-order valence-corrected chi connectivity index (χ3v) is 3.25. The predicted molar refractivity (Wildman–Crippen MR) is 87.7 cm³/mol. The zero-order valence-corrected chi connectivity index (χ0v) is 12.8. The van der Waals surface area contributed by atoms with E-state index in [2.05, 4.69) is 50.1 Å². The second-order valence-corrected chi connectivity index (χ2v) is 5.29. The zero-order valence-electron chi connectivity index (χ0n) is 10.7. The Kier molecular flexibility index (Phi) is 4.78. The predicted octanol–water partition coefficient (Wildman–Crippen LogP) is 3.23. The Bertz CT molecular complexity index is 541. The fraction of sp³-hybridized carbons (Fsp3) is 0.231. The molecule has 0 fully saturated rings. The van der Waals surface area contributed by atoms with E-state index in [1.54, 1.807) is 0 Å². The van der Waals surface area contributed by atoms with Crippen molar-refractivity contribution in [3.63, 3.8) is 0 Å². The molecular formula is C13H16IN5. The Morgan fingerprint density at radius 1 is 1.16 bits per heavy atom. The van der Waals surface area contributed by atoms with Crippen LogP contribution in [0.25, 0.3) is 0 Å². The van der Waals surface area contributed by atoms with Crippen LogP contribution in [0.15, 0.2) is 30.6 Å². The number of nitrogens with zero attached hydrogens (tertiary/aromatic N) is 2. The highest BCUT2D eigenvalue weighted by Gasteiger charge is 2.07. The normalized spacial score (nSPS) is 10.2. The lowest BCUT2D eigenvalue weighted by atomic mass is 10.3. The van der Waals surface area contributed by atoms with Crippen molar-refractivity contribution in [3.05, 3.63) is 34.2 Å². The van der Waals surface area contributed by atoms with E-state index in [4.69, 9.17) is 5.73 Å². The SMILES string of the molecule is CCCNc1ncnc(Nc2ccc(I)cc2)c1N. The number of nitrogen functional groups attached to an aromatic ring is 1. The van der Waals surface area contributed by atoms with Gasteiger partial charge in [0.2, 0.25) is 0 Å². The zero-order chi connectivity index (χ0) is 13.7. The van der Waals surface area contributed by atoms with Crippen LogP contribution in [0.3, 0.4) is 0 Å². The molecule has 1 aromatic heterocycles. The molecule has 0 amide bonds. The van der Waals surface area contributed by atoms with Crippen LogP contribution in [0.5, 0.6) is 0 Å². The van der Waals surface area contributed by atoms with E-state index in [-0.39, 0.29) is 0 Å². The molecule has 0 unspecified atom stereocenters. The molecule has 0 aliphatic rings. The van der Waals surface area contributed by atoms with Gasteiger partial charge in [-0.2, -0.15) is 0 Å². The molecule has 0 aliphatic heterocycles. The minimum Gasteiger partial charge on any atom is -0.393 e. The minimum atomic E-state index is 0.537. The molecule has 0 saturated carbocycles. The monoisotopic (exact) mass is 369 g/mol. The van der Waals surface area contributed by atoms with Crippen molar-refractivity contribution in [2.45, 2.75) is 13.3 Å². The number of aromatic nitrogens is 2. The van der Waals surface area contributed by atoms with Gasteiger partial charge < -0.3 is 16.4 Å². The van der Waals surface area contributed by atoms with Crippen molar-refractivity contribution < 1.29 is 0 Å². The summed E-state index contributed by atoms with van der Waals surface area (Å²) in [7, 11) is 0. The first-order valence-electron chi connectivity index (χ1n) is 6.07. The molecule has 2 aromatic rings. The molecule has 0 radical (unpaired) electrons. The molecule has 1 aromatic carbocycles. The van der Waals surface area contributed by atoms with E-state index in [0.717, 1.165) is 18.7 Å². The fourth-order valence-electron chi connectivity index (χ4n) is 1.55. The summed E-state index contributed by atoms with van der Waals surface area (Å²) in [6.45, 7) is 2.93. The van der Waals surface area contributed by atoms with Gasteiger partial charge >= 0.3 is 0 Å². The summed E-state index contributed by atoms with van der Waals surface area (Å²) in [5.41, 5.74) is 7.54. The van der Waals surface area contributed by atoms with E-state index in [9.17, 15) is 0 Å². The van der Waals surface area contributed by atoms with Gasteiger partial charge in [0.15, 0.2) is 11.6 Å². The second-order valence-electron chi connectivity index (χ2n) is 4.04. The van der Waals surface area contributed by atoms with Gasteiger partial charge in [-0.25, -0.2) is 9.97 Å². The minimum absolute atomic E-state index is 0.537. The summed E-state index contributed by atoms with van der Waals surface area (Å²) >= 11 is 2.27. The quantitative estimate of drug-likeness (QED) is 0.706. The van der Waals surface area contributed by atoms with Crippen molar-refractivity contribution >= 4 is 45.6 Å². The van der Waals surface area contributed by atoms with Gasteiger partial charge in [0, 0.05) is 15.8 Å². The van der Waals surface area contributed by atoms with Gasteiger partial charge in [-0.15, -0.1) is 0 Å². The van der Waals surface area contributed by atoms with Crippen molar-refractivity contribution in [1.29, 1.82) is 0 Å². The van der Waals surface area contributed by atoms with E-state index in [1.165, 1.54) is 9.90 Å². The largest absolute Gasteiger partial charge is 0.393 e. The summed E-state index contributed by atoms with van der Waals surface area (Å²) in [5, 5.41) is 6.38. The van der Waals surface area contributed by atoms with E-state index in [0.29, 0.717) is 17.3 Å². The molecule has 100 valence electrons. The Balaban J connectivity index is 2.18. The van der Waals surface area contributed by atoms with Crippen LogP contribution in [0, 0.1) is 3.57 Å². The smallest absolute Gasteiger partial charge is 0.159 e. The highest BCUT2D eigenvalue weighted by Crippen LogP contribution is 2.25. The molecule has 2 rings (SSSR count). The number of anilines is 4. The molecular weight excluding hydrogens is 353 g/mol. The number of halogens is 1. The maximum atomic E-state index is 6.05. The Hall–Kier alpha value is -1.57. The first-order valence-corrected chi connectivity index (χ1v) is 7.15. The van der Waals surface area contributed by atoms with E-state index >= 15 is 0 Å². The van der Waals surface area contributed by atoms with Crippen LogP contribution in [0.4, 0.5) is 23.0 Å². The van der Waals surface area contributed by atoms with Gasteiger partial charge in [-0.3, -0.25) is 0 Å². The number of nitrogens with one attached hydrogen (secondary N) is 2. The lowest BCUT2D eigenvalue weighted by Crippen LogP contribution is -2.08. The maximum absolute atomic E-state index is 6.05. The van der Waals surface area contributed by atoms with Crippen LogP contribution in [0.2, 0.25) is 0 Å². The molecule has 0 bridgehead atoms. The third-order valence-electron chi connectivity index (χ3n) is 2.53. The molecule has 0 spiro atoms. The molecule has 0 atom stereocenters. The first kappa shape index (κ1) is 13.9. The van der Waals surface area contributed by atoms with Crippen LogP contribution < -0.4 is 16.4 Å². The van der Waals surface area contributed by atoms with Crippen LogP contribution in [-0.2, 0) is 0 Å². The summed E-state index contributed by atoms with van der Waals surface area (Å²) in [5.74, 6) is 1.29. The third kappa shape index (κ3) is 3.69. The van der Waals surface area contributed by atoms with Gasteiger partial charge in [0.1, 0.15) is 12.0 Å². The van der Waals surface area contributed by atoms with Gasteiger partial charge in [-0.1, -0.05) is 6.92 Å². The van der Waals surface area contributed by atoms with Crippen LogP contribution >= 0.6 is 22.6 Å². The molecule has 6 heteroatoms. The summed E-state index contributed by atoms with van der Waals surface area (Å²) < 4.78 is 1.18. The average Bonchev–Trinajstić information content (AvgIpc) is 2.42. The number of hydrogen-bond donors (Lipinski definition) is 3. The Labute approximate surface area is 126 Å². The number of hydrogen-bond acceptors (Lipinski definition) is 5. The maximum Gasteiger partial charge on any atom is 0.159 e. The van der Waals surface area contributed by atoms with Gasteiger partial charge in [0.05, 0.1) is 0 Å². The first-order chi connectivity index (χ1) is 9.20. The molecule has 1 heterocycles. The van der Waals surface area contributed by atoms with E-state index < -0.39 is 0 Å². The molecule has 4 N–H and O–H groups in total. The number of rotatable bonds is 5. The summed E-state index contributed by atoms with van der Waals surface area (Å²) in [6, 6.07) is 8.03. The van der Waals surface area contributed by atoms with E-state index in [1.807, 2.05) is 24.3 Å². The Morgan fingerprint density at radius 3 is 2.53 bits per heavy atom. The van der Waals surface area contributed by atoms with Crippen LogP contribution in [-0.4, -0.2) is 16.5 Å². The van der Waals surface area contributed by atoms with Crippen LogP contribution in [0.1, 0.15) is 13.3 Å². The summed E-state index contributed by atoms with van der Waals surface area (Å²) in [6.07, 6.45) is 2.52. The molecule has 5 nitrogen and oxygen atoms in total. The number of nitrogens with two attached hydrogens (primary N) is 1. The number of benzene rings is 1. The highest BCUT2D eigenvalue weighted by atomic mass is 127. The lowest BCUT2D eigenvalue weighted by Gasteiger charge is -2.12. The average molecular weight is 369 g/mol. The van der Waals surface area contributed by atoms with Crippen molar-refractivity contribution in [3.8, 4) is 0 Å². The highest BCUT2D eigenvalue weighted by molar-refractivity contribution is 14.1. The van der Waals surface area contributed by atoms with Crippen molar-refractivity contribution in [1.82, 2.24) is 9.97 Å². The fourth-order valence-corrected chi connectivity index (χ4v) is 1.91. The van der Waals surface area contributed by atoms with Gasteiger partial charge in [-0.05, 0) is 53.3 Å². The lowest BCUT2D eigenvalue weighted by molar-refractivity contribution is 0.966. The molecule has 19 heavy (non-hydrogen) atoms. The molecule has 0 saturated heterocycles. The Morgan fingerprint density at radius 2 is 1.84 bits per heavy atom. The van der Waals surface area contributed by atoms with Gasteiger partial charge in [0.25, 0.3) is 0 Å². The van der Waals surface area contributed by atoms with Crippen molar-refractivity contribution in [2.75, 3.05) is 22.9 Å². The second kappa shape index (κ2) is 6.55. The topological polar surface area (TPSA) is 75.9 Å². The summed E-state index contributed by atoms with van der Waals surface area (Å²) in [4.78, 5) is 8.32. The van der Waals surface area contributed by atoms with Crippen molar-refractivity contribution in [2.24, 2.45) is 0 Å².